The number of carbonyl (C=O) groups excluding carboxylic acids is 3. The predicted octanol–water partition coefficient (Wildman–Crippen LogP) is 3.23. The molecule has 0 saturated carbocycles. The zero-order chi connectivity index (χ0) is 23.3. The van der Waals surface area contributed by atoms with Crippen LogP contribution in [0, 0.1) is 11.3 Å². The fraction of sp³-hybridized carbons (Fsp3) is 0.217. The summed E-state index contributed by atoms with van der Waals surface area (Å²) < 4.78 is 5.85. The van der Waals surface area contributed by atoms with Crippen LogP contribution in [0.3, 0.4) is 0 Å². The molecule has 0 bridgehead atoms. The lowest BCUT2D eigenvalue weighted by atomic mass is 10.1. The number of rotatable bonds is 8. The van der Waals surface area contributed by atoms with Crippen molar-refractivity contribution in [2.75, 3.05) is 11.1 Å². The molecule has 5 N–H and O–H groups in total. The lowest BCUT2D eigenvalue weighted by Crippen LogP contribution is -2.43. The van der Waals surface area contributed by atoms with E-state index in [4.69, 9.17) is 10.5 Å². The fourth-order valence-electron chi connectivity index (χ4n) is 3.21. The van der Waals surface area contributed by atoms with E-state index in [0.29, 0.717) is 34.0 Å². The van der Waals surface area contributed by atoms with E-state index in [0.717, 1.165) is 5.52 Å². The average molecular weight is 433 g/mol. The molecule has 0 aliphatic carbocycles. The SMILES string of the molecule is CC(=O)CCC(NC(C)=O)C(=O)Nc1ccc(Oc2ccc3[nH]c(N)c(C#N)c3c2)cc1. The number of aromatic nitrogens is 1. The molecule has 0 aliphatic heterocycles. The summed E-state index contributed by atoms with van der Waals surface area (Å²) in [6, 6.07) is 13.2. The van der Waals surface area contributed by atoms with Crippen LogP contribution in [0.1, 0.15) is 32.3 Å². The molecule has 3 rings (SSSR count). The third-order valence-electron chi connectivity index (χ3n) is 4.75. The van der Waals surface area contributed by atoms with Gasteiger partial charge in [-0.15, -0.1) is 0 Å². The molecule has 1 unspecified atom stereocenters. The summed E-state index contributed by atoms with van der Waals surface area (Å²) in [6.07, 6.45) is 0.411. The van der Waals surface area contributed by atoms with Crippen molar-refractivity contribution in [2.24, 2.45) is 0 Å². The molecule has 0 spiro atoms. The van der Waals surface area contributed by atoms with Crippen LogP contribution in [0.5, 0.6) is 11.5 Å². The first-order chi connectivity index (χ1) is 15.3. The van der Waals surface area contributed by atoms with Crippen molar-refractivity contribution in [1.82, 2.24) is 10.3 Å². The minimum Gasteiger partial charge on any atom is -0.457 e. The van der Waals surface area contributed by atoms with Gasteiger partial charge < -0.3 is 30.9 Å². The van der Waals surface area contributed by atoms with Gasteiger partial charge in [0, 0.05) is 29.9 Å². The van der Waals surface area contributed by atoms with Crippen molar-refractivity contribution in [3.63, 3.8) is 0 Å². The first-order valence-electron chi connectivity index (χ1n) is 9.93. The van der Waals surface area contributed by atoms with Gasteiger partial charge in [-0.25, -0.2) is 0 Å². The predicted molar refractivity (Wildman–Crippen MR) is 120 cm³/mol. The molecule has 3 aromatic rings. The Morgan fingerprint density at radius 2 is 1.81 bits per heavy atom. The van der Waals surface area contributed by atoms with Crippen LogP contribution in [-0.4, -0.2) is 28.6 Å². The van der Waals surface area contributed by atoms with E-state index >= 15 is 0 Å². The summed E-state index contributed by atoms with van der Waals surface area (Å²) in [5.74, 6) is 0.546. The maximum absolute atomic E-state index is 12.5. The summed E-state index contributed by atoms with van der Waals surface area (Å²) in [7, 11) is 0. The van der Waals surface area contributed by atoms with Gasteiger partial charge in [0.15, 0.2) is 0 Å². The molecular formula is C23H23N5O4. The summed E-state index contributed by atoms with van der Waals surface area (Å²) in [5.41, 5.74) is 7.43. The Labute approximate surface area is 184 Å². The summed E-state index contributed by atoms with van der Waals surface area (Å²) in [4.78, 5) is 38.1. The van der Waals surface area contributed by atoms with E-state index < -0.39 is 11.9 Å². The number of hydrogen-bond acceptors (Lipinski definition) is 6. The number of ether oxygens (including phenoxy) is 1. The van der Waals surface area contributed by atoms with E-state index in [2.05, 4.69) is 21.7 Å². The largest absolute Gasteiger partial charge is 0.457 e. The standard InChI is InChI=1S/C23H23N5O4/c1-13(29)3-9-21(26-14(2)30)23(31)27-15-4-6-16(7-5-15)32-17-8-10-20-18(11-17)19(12-24)22(25)28-20/h4-8,10-11,21,28H,3,9,25H2,1-2H3,(H,26,30)(H,27,31). The van der Waals surface area contributed by atoms with Crippen LogP contribution in [0.2, 0.25) is 0 Å². The molecule has 164 valence electrons. The third-order valence-corrected chi connectivity index (χ3v) is 4.75. The molecule has 2 aromatic carbocycles. The number of anilines is 2. The molecule has 0 radical (unpaired) electrons. The van der Waals surface area contributed by atoms with E-state index in [1.807, 2.05) is 0 Å². The summed E-state index contributed by atoms with van der Waals surface area (Å²) in [5, 5.41) is 15.2. The van der Waals surface area contributed by atoms with Crippen LogP contribution in [0.15, 0.2) is 42.5 Å². The second-order valence-electron chi connectivity index (χ2n) is 7.34. The van der Waals surface area contributed by atoms with Gasteiger partial charge in [0.05, 0.1) is 0 Å². The number of benzene rings is 2. The first-order valence-corrected chi connectivity index (χ1v) is 9.93. The number of H-pyrrole nitrogens is 1. The van der Waals surface area contributed by atoms with Crippen molar-refractivity contribution in [3.05, 3.63) is 48.0 Å². The zero-order valence-electron chi connectivity index (χ0n) is 17.7. The van der Waals surface area contributed by atoms with Gasteiger partial charge in [0.1, 0.15) is 40.8 Å². The Balaban J connectivity index is 1.68. The van der Waals surface area contributed by atoms with Gasteiger partial charge in [-0.1, -0.05) is 0 Å². The molecule has 0 saturated heterocycles. The van der Waals surface area contributed by atoms with E-state index in [9.17, 15) is 19.6 Å². The van der Waals surface area contributed by atoms with E-state index in [-0.39, 0.29) is 24.5 Å². The fourth-order valence-corrected chi connectivity index (χ4v) is 3.21. The first kappa shape index (κ1) is 22.4. The number of nitrogen functional groups attached to an aromatic ring is 1. The Kier molecular flexibility index (Phi) is 6.75. The molecule has 1 heterocycles. The monoisotopic (exact) mass is 433 g/mol. The quantitative estimate of drug-likeness (QED) is 0.428. The molecule has 0 fully saturated rings. The van der Waals surface area contributed by atoms with Gasteiger partial charge in [0.2, 0.25) is 11.8 Å². The van der Waals surface area contributed by atoms with Crippen molar-refractivity contribution >= 4 is 40.0 Å². The number of aromatic amines is 1. The highest BCUT2D eigenvalue weighted by Gasteiger charge is 2.20. The highest BCUT2D eigenvalue weighted by atomic mass is 16.5. The minimum atomic E-state index is -0.804. The molecule has 9 heteroatoms. The minimum absolute atomic E-state index is 0.0583. The molecule has 1 atom stereocenters. The Morgan fingerprint density at radius 1 is 1.12 bits per heavy atom. The zero-order valence-corrected chi connectivity index (χ0v) is 17.7. The maximum atomic E-state index is 12.5. The topological polar surface area (TPSA) is 150 Å². The number of nitrogens with one attached hydrogen (secondary N) is 3. The molecule has 1 aromatic heterocycles. The molecule has 2 amide bonds. The number of fused-ring (bicyclic) bond motifs is 1. The molecule has 9 nitrogen and oxygen atoms in total. The highest BCUT2D eigenvalue weighted by Crippen LogP contribution is 2.30. The lowest BCUT2D eigenvalue weighted by molar-refractivity contribution is -0.126. The smallest absolute Gasteiger partial charge is 0.246 e. The third kappa shape index (κ3) is 5.43. The summed E-state index contributed by atoms with van der Waals surface area (Å²) in [6.45, 7) is 2.75. The Morgan fingerprint density at radius 3 is 2.44 bits per heavy atom. The number of nitrogens with zero attached hydrogens (tertiary/aromatic N) is 1. The van der Waals surface area contributed by atoms with Gasteiger partial charge in [-0.05, 0) is 55.8 Å². The Bertz CT molecular complexity index is 1210. The number of amides is 2. The van der Waals surface area contributed by atoms with Crippen LogP contribution in [0.4, 0.5) is 11.5 Å². The number of Topliss-reactive ketones (excluding diaryl/α,β-unsaturated/α-hetero) is 1. The highest BCUT2D eigenvalue weighted by molar-refractivity contribution is 5.97. The average Bonchev–Trinajstić information content (AvgIpc) is 3.06. The lowest BCUT2D eigenvalue weighted by Gasteiger charge is -2.17. The number of hydrogen-bond donors (Lipinski definition) is 4. The number of carbonyl (C=O) groups is 3. The van der Waals surface area contributed by atoms with Crippen molar-refractivity contribution in [2.45, 2.75) is 32.7 Å². The van der Waals surface area contributed by atoms with Gasteiger partial charge in [0.25, 0.3) is 0 Å². The summed E-state index contributed by atoms with van der Waals surface area (Å²) >= 11 is 0. The maximum Gasteiger partial charge on any atom is 0.246 e. The van der Waals surface area contributed by atoms with Crippen molar-refractivity contribution in [3.8, 4) is 17.6 Å². The molecule has 0 aliphatic rings. The van der Waals surface area contributed by atoms with Gasteiger partial charge in [-0.2, -0.15) is 5.26 Å². The number of nitrogens with two attached hydrogens (primary N) is 1. The second kappa shape index (κ2) is 9.66. The van der Waals surface area contributed by atoms with E-state index in [1.54, 1.807) is 42.5 Å². The van der Waals surface area contributed by atoms with Crippen LogP contribution < -0.4 is 21.1 Å². The van der Waals surface area contributed by atoms with Crippen LogP contribution in [0.25, 0.3) is 10.9 Å². The molecule has 32 heavy (non-hydrogen) atoms. The van der Waals surface area contributed by atoms with Crippen molar-refractivity contribution < 1.29 is 19.1 Å². The second-order valence-corrected chi connectivity index (χ2v) is 7.34. The molecular weight excluding hydrogens is 410 g/mol. The Hall–Kier alpha value is -4.32. The van der Waals surface area contributed by atoms with Gasteiger partial charge in [-0.3, -0.25) is 9.59 Å². The number of ketones is 1. The van der Waals surface area contributed by atoms with E-state index in [1.165, 1.54) is 13.8 Å². The normalized spacial score (nSPS) is 11.4. The van der Waals surface area contributed by atoms with Crippen LogP contribution in [-0.2, 0) is 14.4 Å². The van der Waals surface area contributed by atoms with Crippen molar-refractivity contribution in [1.29, 1.82) is 5.26 Å². The number of nitriles is 1. The van der Waals surface area contributed by atoms with Gasteiger partial charge >= 0.3 is 0 Å². The van der Waals surface area contributed by atoms with Crippen LogP contribution >= 0.6 is 0 Å².